The molecule has 1 heterocycles. The summed E-state index contributed by atoms with van der Waals surface area (Å²) in [5, 5.41) is 14.8. The van der Waals surface area contributed by atoms with Gasteiger partial charge in [0.05, 0.1) is 6.20 Å². The molecule has 1 aromatic heterocycles. The molecule has 1 aliphatic rings. The lowest BCUT2D eigenvalue weighted by atomic mass is 9.93. The van der Waals surface area contributed by atoms with Crippen LogP contribution in [0.5, 0.6) is 0 Å². The van der Waals surface area contributed by atoms with E-state index in [9.17, 15) is 4.79 Å². The minimum Gasteiger partial charge on any atom is -0.446 e. The van der Waals surface area contributed by atoms with Crippen LogP contribution in [-0.4, -0.2) is 33.7 Å². The van der Waals surface area contributed by atoms with Crippen LogP contribution in [0.25, 0.3) is 0 Å². The van der Waals surface area contributed by atoms with E-state index in [0.29, 0.717) is 5.95 Å². The zero-order valence-corrected chi connectivity index (χ0v) is 14.3. The summed E-state index contributed by atoms with van der Waals surface area (Å²) in [5.74, 6) is 0.590. The van der Waals surface area contributed by atoms with Crippen molar-refractivity contribution < 1.29 is 9.53 Å². The molecule has 0 bridgehead atoms. The molecular formula is C16H24N6O2. The number of nitrogens with zero attached hydrogens (tertiary/aromatic N) is 3. The smallest absolute Gasteiger partial charge is 0.407 e. The number of carbonyl (C=O) groups is 1. The molecule has 0 saturated heterocycles. The number of ether oxygens (including phenoxy) is 1. The molecule has 0 unspecified atom stereocenters. The van der Waals surface area contributed by atoms with Gasteiger partial charge in [-0.3, -0.25) is 0 Å². The summed E-state index contributed by atoms with van der Waals surface area (Å²) in [6, 6.07) is 2.13. The Bertz CT molecular complexity index is 626. The maximum Gasteiger partial charge on any atom is 0.407 e. The number of nitrogens with two attached hydrogens (primary N) is 1. The molecule has 1 fully saturated rings. The van der Waals surface area contributed by atoms with Crippen LogP contribution < -0.4 is 16.4 Å². The lowest BCUT2D eigenvalue weighted by molar-refractivity contribution is 0.0682. The molecule has 8 heteroatoms. The number of anilines is 2. The summed E-state index contributed by atoms with van der Waals surface area (Å²) >= 11 is 0. The van der Waals surface area contributed by atoms with Gasteiger partial charge in [-0.25, -0.2) is 9.78 Å². The van der Waals surface area contributed by atoms with Crippen LogP contribution in [0.1, 0.15) is 52.0 Å². The fraction of sp³-hybridized carbons (Fsp3) is 0.625. The first-order valence-corrected chi connectivity index (χ1v) is 8.05. The fourth-order valence-electron chi connectivity index (χ4n) is 2.55. The third-order valence-electron chi connectivity index (χ3n) is 3.70. The summed E-state index contributed by atoms with van der Waals surface area (Å²) in [6.07, 6.45) is 4.21. The van der Waals surface area contributed by atoms with Gasteiger partial charge in [0.2, 0.25) is 5.95 Å². The molecule has 130 valence electrons. The number of rotatable bonds is 3. The molecule has 0 atom stereocenters. The Kier molecular flexibility index (Phi) is 5.44. The van der Waals surface area contributed by atoms with E-state index >= 15 is 0 Å². The van der Waals surface area contributed by atoms with Gasteiger partial charge < -0.3 is 21.1 Å². The van der Waals surface area contributed by atoms with Crippen molar-refractivity contribution in [2.45, 2.75) is 64.1 Å². The van der Waals surface area contributed by atoms with Crippen LogP contribution in [0.3, 0.4) is 0 Å². The highest BCUT2D eigenvalue weighted by molar-refractivity contribution is 5.68. The van der Waals surface area contributed by atoms with Crippen LogP contribution in [0.15, 0.2) is 6.20 Å². The highest BCUT2D eigenvalue weighted by Gasteiger charge is 2.25. The Hall–Kier alpha value is -2.56. The Balaban J connectivity index is 1.80. The SMILES string of the molecule is CC(C)(C)NC(=O)OC1CCC(Nc2ncc(C#N)c(N)n2)CC1. The van der Waals surface area contributed by atoms with E-state index in [4.69, 9.17) is 15.7 Å². The summed E-state index contributed by atoms with van der Waals surface area (Å²) in [6.45, 7) is 5.75. The molecule has 2 rings (SSSR count). The number of amides is 1. The molecule has 0 aromatic carbocycles. The van der Waals surface area contributed by atoms with Crippen molar-refractivity contribution in [3.63, 3.8) is 0 Å². The zero-order chi connectivity index (χ0) is 17.7. The van der Waals surface area contributed by atoms with Gasteiger partial charge in [0.15, 0.2) is 0 Å². The number of hydrogen-bond donors (Lipinski definition) is 3. The first kappa shape index (κ1) is 17.8. The van der Waals surface area contributed by atoms with E-state index < -0.39 is 0 Å². The Morgan fingerprint density at radius 1 is 1.38 bits per heavy atom. The molecule has 1 aromatic rings. The van der Waals surface area contributed by atoms with E-state index in [1.54, 1.807) is 0 Å². The minimum absolute atomic E-state index is 0.0719. The zero-order valence-electron chi connectivity index (χ0n) is 14.3. The Morgan fingerprint density at radius 3 is 2.58 bits per heavy atom. The van der Waals surface area contributed by atoms with Gasteiger partial charge >= 0.3 is 6.09 Å². The van der Waals surface area contributed by atoms with Crippen LogP contribution >= 0.6 is 0 Å². The van der Waals surface area contributed by atoms with Crippen molar-refractivity contribution >= 4 is 17.9 Å². The molecular weight excluding hydrogens is 308 g/mol. The Labute approximate surface area is 141 Å². The third kappa shape index (κ3) is 5.26. The highest BCUT2D eigenvalue weighted by Crippen LogP contribution is 2.24. The fourth-order valence-corrected chi connectivity index (χ4v) is 2.55. The van der Waals surface area contributed by atoms with Crippen molar-refractivity contribution in [3.05, 3.63) is 11.8 Å². The average molecular weight is 332 g/mol. The largest absolute Gasteiger partial charge is 0.446 e. The standard InChI is InChI=1S/C16H24N6O2/c1-16(2,3)22-15(23)24-12-6-4-11(5-7-12)20-14-19-9-10(8-17)13(18)21-14/h9,11-12H,4-7H2,1-3H3,(H,22,23)(H3,18,19,20,21). The molecule has 1 aliphatic carbocycles. The predicted molar refractivity (Wildman–Crippen MR) is 90.2 cm³/mol. The molecule has 0 spiro atoms. The van der Waals surface area contributed by atoms with Crippen LogP contribution in [0.4, 0.5) is 16.6 Å². The van der Waals surface area contributed by atoms with Gasteiger partial charge in [-0.05, 0) is 46.5 Å². The molecule has 4 N–H and O–H groups in total. The van der Waals surface area contributed by atoms with Crippen molar-refractivity contribution in [1.82, 2.24) is 15.3 Å². The molecule has 0 aliphatic heterocycles. The molecule has 1 amide bonds. The lowest BCUT2D eigenvalue weighted by Crippen LogP contribution is -2.43. The molecule has 0 radical (unpaired) electrons. The normalized spacial score (nSPS) is 20.8. The van der Waals surface area contributed by atoms with Gasteiger partial charge in [-0.1, -0.05) is 0 Å². The number of nitrogen functional groups attached to an aromatic ring is 1. The first-order valence-electron chi connectivity index (χ1n) is 8.05. The molecule has 1 saturated carbocycles. The number of carbonyl (C=O) groups excluding carboxylic acids is 1. The average Bonchev–Trinajstić information content (AvgIpc) is 2.47. The van der Waals surface area contributed by atoms with Crippen LogP contribution in [-0.2, 0) is 4.74 Å². The van der Waals surface area contributed by atoms with E-state index in [2.05, 4.69) is 20.6 Å². The number of hydrogen-bond acceptors (Lipinski definition) is 7. The van der Waals surface area contributed by atoms with Gasteiger partial charge in [0.25, 0.3) is 0 Å². The van der Waals surface area contributed by atoms with Crippen molar-refractivity contribution in [3.8, 4) is 6.07 Å². The molecule has 8 nitrogen and oxygen atoms in total. The maximum absolute atomic E-state index is 11.8. The molecule has 24 heavy (non-hydrogen) atoms. The third-order valence-corrected chi connectivity index (χ3v) is 3.70. The second kappa shape index (κ2) is 7.34. The monoisotopic (exact) mass is 332 g/mol. The lowest BCUT2D eigenvalue weighted by Gasteiger charge is -2.30. The maximum atomic E-state index is 11.8. The first-order chi connectivity index (χ1) is 11.3. The minimum atomic E-state index is -0.373. The van der Waals surface area contributed by atoms with E-state index in [0.717, 1.165) is 25.7 Å². The van der Waals surface area contributed by atoms with E-state index in [1.807, 2.05) is 26.8 Å². The summed E-state index contributed by atoms with van der Waals surface area (Å²) in [4.78, 5) is 20.0. The highest BCUT2D eigenvalue weighted by atomic mass is 16.6. The number of nitrogens with one attached hydrogen (secondary N) is 2. The Morgan fingerprint density at radius 2 is 2.04 bits per heavy atom. The van der Waals surface area contributed by atoms with Crippen LogP contribution in [0, 0.1) is 11.3 Å². The summed E-state index contributed by atoms with van der Waals surface area (Å²) in [5.41, 5.74) is 5.65. The van der Waals surface area contributed by atoms with E-state index in [1.165, 1.54) is 6.20 Å². The van der Waals surface area contributed by atoms with Crippen molar-refractivity contribution in [2.24, 2.45) is 0 Å². The summed E-state index contributed by atoms with van der Waals surface area (Å²) < 4.78 is 5.45. The quantitative estimate of drug-likeness (QED) is 0.774. The van der Waals surface area contributed by atoms with Gasteiger partial charge in [-0.2, -0.15) is 10.2 Å². The van der Waals surface area contributed by atoms with E-state index in [-0.39, 0.29) is 35.2 Å². The number of aromatic nitrogens is 2. The van der Waals surface area contributed by atoms with Crippen LogP contribution in [0.2, 0.25) is 0 Å². The predicted octanol–water partition coefficient (Wildman–Crippen LogP) is 2.18. The summed E-state index contributed by atoms with van der Waals surface area (Å²) in [7, 11) is 0. The van der Waals surface area contributed by atoms with Gasteiger partial charge in [0, 0.05) is 11.6 Å². The number of nitriles is 1. The van der Waals surface area contributed by atoms with Crippen molar-refractivity contribution in [1.29, 1.82) is 5.26 Å². The van der Waals surface area contributed by atoms with Crippen molar-refractivity contribution in [2.75, 3.05) is 11.1 Å². The second-order valence-corrected chi connectivity index (χ2v) is 7.00. The topological polar surface area (TPSA) is 126 Å². The second-order valence-electron chi connectivity index (χ2n) is 7.00. The van der Waals surface area contributed by atoms with Gasteiger partial charge in [0.1, 0.15) is 23.6 Å². The number of alkyl carbamates (subject to hydrolysis) is 1. The van der Waals surface area contributed by atoms with Gasteiger partial charge in [-0.15, -0.1) is 0 Å².